The van der Waals surface area contributed by atoms with Gasteiger partial charge in [0.2, 0.25) is 11.8 Å². The van der Waals surface area contributed by atoms with E-state index in [2.05, 4.69) is 5.32 Å². The molecule has 7 nitrogen and oxygen atoms in total. The second kappa shape index (κ2) is 8.55. The van der Waals surface area contributed by atoms with Gasteiger partial charge in [-0.05, 0) is 37.4 Å². The summed E-state index contributed by atoms with van der Waals surface area (Å²) in [5.41, 5.74) is -0.262. The summed E-state index contributed by atoms with van der Waals surface area (Å²) < 4.78 is 5.05. The molecule has 1 saturated heterocycles. The van der Waals surface area contributed by atoms with Crippen molar-refractivity contribution < 1.29 is 24.2 Å². The summed E-state index contributed by atoms with van der Waals surface area (Å²) >= 11 is 1.61. The molecule has 2 atom stereocenters. The molecule has 0 aliphatic carbocycles. The number of ether oxygens (including phenoxy) is 1. The van der Waals surface area contributed by atoms with Crippen LogP contribution < -0.4 is 10.2 Å². The maximum atomic E-state index is 12.6. The lowest BCUT2D eigenvalue weighted by Gasteiger charge is -2.29. The van der Waals surface area contributed by atoms with Crippen LogP contribution in [0.1, 0.15) is 19.8 Å². The first-order chi connectivity index (χ1) is 12.3. The Morgan fingerprint density at radius 2 is 2.04 bits per heavy atom. The van der Waals surface area contributed by atoms with Gasteiger partial charge in [-0.3, -0.25) is 14.4 Å². The van der Waals surface area contributed by atoms with Gasteiger partial charge in [0.25, 0.3) is 0 Å². The predicted molar refractivity (Wildman–Crippen MR) is 99.4 cm³/mol. The van der Waals surface area contributed by atoms with E-state index < -0.39 is 17.4 Å². The number of aliphatic carboxylic acids is 1. The number of nitrogens with zero attached hydrogens (tertiary/aromatic N) is 1. The molecular weight excluding hydrogens is 356 g/mol. The highest BCUT2D eigenvalue weighted by Crippen LogP contribution is 2.27. The lowest BCUT2D eigenvalue weighted by molar-refractivity contribution is -0.140. The van der Waals surface area contributed by atoms with Gasteiger partial charge < -0.3 is 20.1 Å². The Morgan fingerprint density at radius 3 is 2.58 bits per heavy atom. The second-order valence-electron chi connectivity index (χ2n) is 6.66. The minimum Gasteiger partial charge on any atom is -0.481 e. The average Bonchev–Trinajstić information content (AvgIpc) is 2.96. The number of carbonyl (C=O) groups excluding carboxylic acids is 2. The van der Waals surface area contributed by atoms with Crippen molar-refractivity contribution in [3.8, 4) is 0 Å². The number of carboxylic acid groups (broad SMARTS) is 1. The third-order valence-corrected chi connectivity index (χ3v) is 5.05. The molecule has 1 aromatic carbocycles. The number of anilines is 1. The van der Waals surface area contributed by atoms with E-state index in [-0.39, 0.29) is 37.8 Å². The van der Waals surface area contributed by atoms with Crippen LogP contribution in [-0.4, -0.2) is 54.9 Å². The zero-order valence-corrected chi connectivity index (χ0v) is 16.0. The van der Waals surface area contributed by atoms with Crippen molar-refractivity contribution in [3.05, 3.63) is 24.3 Å². The molecule has 142 valence electrons. The highest BCUT2D eigenvalue weighted by molar-refractivity contribution is 7.98. The Labute approximate surface area is 157 Å². The van der Waals surface area contributed by atoms with Crippen molar-refractivity contribution in [1.82, 2.24) is 5.32 Å². The molecular formula is C18H24N2O5S. The van der Waals surface area contributed by atoms with Crippen molar-refractivity contribution in [2.75, 3.05) is 31.4 Å². The fourth-order valence-electron chi connectivity index (χ4n) is 3.08. The molecule has 2 amide bonds. The van der Waals surface area contributed by atoms with E-state index in [0.717, 1.165) is 10.6 Å². The lowest BCUT2D eigenvalue weighted by Crippen LogP contribution is -2.52. The number of benzene rings is 1. The van der Waals surface area contributed by atoms with Crippen molar-refractivity contribution in [1.29, 1.82) is 0 Å². The number of thioether (sulfide) groups is 1. The Morgan fingerprint density at radius 1 is 1.38 bits per heavy atom. The fraction of sp³-hybridized carbons (Fsp3) is 0.500. The van der Waals surface area contributed by atoms with Crippen LogP contribution in [-0.2, 0) is 19.1 Å². The van der Waals surface area contributed by atoms with E-state index in [0.29, 0.717) is 0 Å². The topological polar surface area (TPSA) is 95.9 Å². The summed E-state index contributed by atoms with van der Waals surface area (Å²) in [6, 6.07) is 7.60. The number of amides is 2. The number of carboxylic acids is 1. The number of nitrogens with one attached hydrogen (secondary N) is 1. The summed E-state index contributed by atoms with van der Waals surface area (Å²) in [6.45, 7) is 1.98. The summed E-state index contributed by atoms with van der Waals surface area (Å²) in [6.07, 6.45) is 1.82. The Bertz CT molecular complexity index is 679. The maximum Gasteiger partial charge on any atom is 0.305 e. The molecule has 0 radical (unpaired) electrons. The smallest absolute Gasteiger partial charge is 0.305 e. The van der Waals surface area contributed by atoms with Crippen molar-refractivity contribution in [2.45, 2.75) is 30.2 Å². The zero-order chi connectivity index (χ0) is 19.3. The third-order valence-electron chi connectivity index (χ3n) is 4.31. The van der Waals surface area contributed by atoms with Gasteiger partial charge in [0.15, 0.2) is 0 Å². The summed E-state index contributed by atoms with van der Waals surface area (Å²) in [4.78, 5) is 38.7. The number of hydrogen-bond acceptors (Lipinski definition) is 5. The van der Waals surface area contributed by atoms with E-state index in [4.69, 9.17) is 9.84 Å². The normalized spacial score (nSPS) is 19.3. The minimum atomic E-state index is -1.03. The molecule has 1 aliphatic rings. The van der Waals surface area contributed by atoms with Gasteiger partial charge in [0.05, 0.1) is 24.5 Å². The van der Waals surface area contributed by atoms with Crippen LogP contribution in [0.3, 0.4) is 0 Å². The van der Waals surface area contributed by atoms with E-state index >= 15 is 0 Å². The van der Waals surface area contributed by atoms with Crippen molar-refractivity contribution >= 4 is 35.2 Å². The Hall–Kier alpha value is -2.06. The fourth-order valence-corrected chi connectivity index (χ4v) is 3.49. The summed E-state index contributed by atoms with van der Waals surface area (Å²) in [7, 11) is 1.45. The SMILES string of the molecule is COCC(C)(CC(=O)O)NC(=O)C1CC(=O)N(c2ccc(SC)cc2)C1. The summed E-state index contributed by atoms with van der Waals surface area (Å²) in [5.74, 6) is -1.99. The average molecular weight is 380 g/mol. The molecule has 1 fully saturated rings. The molecule has 26 heavy (non-hydrogen) atoms. The monoisotopic (exact) mass is 380 g/mol. The molecule has 2 N–H and O–H groups in total. The van der Waals surface area contributed by atoms with Crippen LogP contribution in [0.4, 0.5) is 5.69 Å². The van der Waals surface area contributed by atoms with E-state index in [1.165, 1.54) is 7.11 Å². The summed E-state index contributed by atoms with van der Waals surface area (Å²) in [5, 5.41) is 11.8. The van der Waals surface area contributed by atoms with Gasteiger partial charge in [-0.25, -0.2) is 0 Å². The molecule has 8 heteroatoms. The highest BCUT2D eigenvalue weighted by atomic mass is 32.2. The molecule has 2 unspecified atom stereocenters. The third kappa shape index (κ3) is 4.98. The first-order valence-corrected chi connectivity index (χ1v) is 9.47. The van der Waals surface area contributed by atoms with Crippen molar-refractivity contribution in [3.63, 3.8) is 0 Å². The van der Waals surface area contributed by atoms with Gasteiger partial charge in [0.1, 0.15) is 0 Å². The van der Waals surface area contributed by atoms with E-state index in [1.807, 2.05) is 30.5 Å². The highest BCUT2D eigenvalue weighted by Gasteiger charge is 2.38. The Balaban J connectivity index is 2.06. The van der Waals surface area contributed by atoms with Gasteiger partial charge in [0, 0.05) is 30.7 Å². The first kappa shape index (κ1) is 20.3. The van der Waals surface area contributed by atoms with Crippen LogP contribution >= 0.6 is 11.8 Å². The standard InChI is InChI=1S/C18H24N2O5S/c1-18(11-25-2,9-16(22)23)19-17(24)12-8-15(21)20(10-12)13-4-6-14(26-3)7-5-13/h4-7,12H,8-11H2,1-3H3,(H,19,24)(H,22,23). The van der Waals surface area contributed by atoms with Gasteiger partial charge in [-0.2, -0.15) is 0 Å². The number of rotatable bonds is 8. The molecule has 1 heterocycles. The molecule has 0 bridgehead atoms. The van der Waals surface area contributed by atoms with Gasteiger partial charge in [-0.1, -0.05) is 0 Å². The maximum absolute atomic E-state index is 12.6. The zero-order valence-electron chi connectivity index (χ0n) is 15.2. The molecule has 1 aromatic rings. The quantitative estimate of drug-likeness (QED) is 0.667. The van der Waals surface area contributed by atoms with Gasteiger partial charge in [-0.15, -0.1) is 11.8 Å². The first-order valence-electron chi connectivity index (χ1n) is 8.25. The predicted octanol–water partition coefficient (Wildman–Crippen LogP) is 1.76. The number of methoxy groups -OCH3 is 1. The van der Waals surface area contributed by atoms with Gasteiger partial charge >= 0.3 is 5.97 Å². The number of hydrogen-bond donors (Lipinski definition) is 2. The lowest BCUT2D eigenvalue weighted by atomic mass is 9.97. The Kier molecular flexibility index (Phi) is 6.66. The van der Waals surface area contributed by atoms with Crippen LogP contribution in [0, 0.1) is 5.92 Å². The molecule has 0 spiro atoms. The number of carbonyl (C=O) groups is 3. The van der Waals surface area contributed by atoms with Crippen molar-refractivity contribution in [2.24, 2.45) is 5.92 Å². The van der Waals surface area contributed by atoms with E-state index in [9.17, 15) is 14.4 Å². The van der Waals surface area contributed by atoms with Crippen LogP contribution in [0.2, 0.25) is 0 Å². The molecule has 1 aliphatic heterocycles. The molecule has 0 saturated carbocycles. The second-order valence-corrected chi connectivity index (χ2v) is 7.54. The van der Waals surface area contributed by atoms with E-state index in [1.54, 1.807) is 23.6 Å². The molecule has 2 rings (SSSR count). The molecule has 0 aromatic heterocycles. The minimum absolute atomic E-state index is 0.0750. The van der Waals surface area contributed by atoms with Crippen LogP contribution in [0.25, 0.3) is 0 Å². The van der Waals surface area contributed by atoms with Crippen LogP contribution in [0.5, 0.6) is 0 Å². The van der Waals surface area contributed by atoms with Crippen LogP contribution in [0.15, 0.2) is 29.2 Å². The largest absolute Gasteiger partial charge is 0.481 e.